The number of nitrogens with zero attached hydrogens (tertiary/aromatic N) is 1. The summed E-state index contributed by atoms with van der Waals surface area (Å²) in [6, 6.07) is 28.6. The van der Waals surface area contributed by atoms with Crippen molar-refractivity contribution in [1.82, 2.24) is 9.88 Å². The summed E-state index contributed by atoms with van der Waals surface area (Å²) in [5.74, 6) is -0.272. The molecular formula is C36H36N2O4. The van der Waals surface area contributed by atoms with Gasteiger partial charge in [-0.1, -0.05) is 54.6 Å². The van der Waals surface area contributed by atoms with E-state index in [1.54, 1.807) is 12.1 Å². The van der Waals surface area contributed by atoms with E-state index in [-0.39, 0.29) is 23.6 Å². The number of rotatable bonds is 9. The maximum absolute atomic E-state index is 13.3. The largest absolute Gasteiger partial charge is 0.491 e. The Morgan fingerprint density at radius 1 is 0.881 bits per heavy atom. The van der Waals surface area contributed by atoms with Crippen molar-refractivity contribution >= 4 is 22.8 Å². The quantitative estimate of drug-likeness (QED) is 0.192. The van der Waals surface area contributed by atoms with Gasteiger partial charge in [0.15, 0.2) is 0 Å². The average molecular weight is 561 g/mol. The van der Waals surface area contributed by atoms with E-state index >= 15 is 0 Å². The van der Waals surface area contributed by atoms with Crippen LogP contribution in [-0.4, -0.2) is 27.7 Å². The third kappa shape index (κ3) is 5.93. The second-order valence-electron chi connectivity index (χ2n) is 11.0. The maximum atomic E-state index is 13.3. The molecule has 5 rings (SSSR count). The Labute approximate surface area is 246 Å². The number of benzene rings is 4. The van der Waals surface area contributed by atoms with Crippen molar-refractivity contribution in [2.24, 2.45) is 0 Å². The van der Waals surface area contributed by atoms with Crippen LogP contribution in [0.4, 0.5) is 0 Å². The molecule has 1 heterocycles. The summed E-state index contributed by atoms with van der Waals surface area (Å²) in [7, 11) is 0. The van der Waals surface area contributed by atoms with Crippen molar-refractivity contribution in [2.75, 3.05) is 0 Å². The molecule has 1 amide bonds. The molecule has 0 aliphatic rings. The molecule has 0 saturated carbocycles. The number of hydrogen-bond donors (Lipinski definition) is 2. The highest BCUT2D eigenvalue weighted by Crippen LogP contribution is 2.29. The van der Waals surface area contributed by atoms with E-state index in [1.165, 1.54) is 0 Å². The van der Waals surface area contributed by atoms with Crippen LogP contribution in [0.2, 0.25) is 0 Å². The summed E-state index contributed by atoms with van der Waals surface area (Å²) < 4.78 is 8.07. The second kappa shape index (κ2) is 12.0. The molecule has 1 atom stereocenters. The maximum Gasteiger partial charge on any atom is 0.336 e. The zero-order valence-electron chi connectivity index (χ0n) is 24.6. The number of carbonyl (C=O) groups excluding carboxylic acids is 1. The molecule has 0 saturated heterocycles. The first-order valence-corrected chi connectivity index (χ1v) is 14.2. The number of nitrogens with one attached hydrogen (secondary N) is 1. The van der Waals surface area contributed by atoms with E-state index in [0.717, 1.165) is 44.6 Å². The lowest BCUT2D eigenvalue weighted by atomic mass is 9.99. The van der Waals surface area contributed by atoms with E-state index in [9.17, 15) is 14.7 Å². The van der Waals surface area contributed by atoms with Crippen LogP contribution >= 0.6 is 0 Å². The molecule has 0 radical (unpaired) electrons. The van der Waals surface area contributed by atoms with Crippen LogP contribution in [0.1, 0.15) is 69.9 Å². The van der Waals surface area contributed by atoms with Crippen molar-refractivity contribution < 1.29 is 19.4 Å². The van der Waals surface area contributed by atoms with E-state index < -0.39 is 5.97 Å². The molecule has 214 valence electrons. The van der Waals surface area contributed by atoms with Crippen LogP contribution in [0.3, 0.4) is 0 Å². The predicted molar refractivity (Wildman–Crippen MR) is 167 cm³/mol. The lowest BCUT2D eigenvalue weighted by Crippen LogP contribution is -2.26. The van der Waals surface area contributed by atoms with Gasteiger partial charge >= 0.3 is 5.97 Å². The van der Waals surface area contributed by atoms with Crippen molar-refractivity contribution in [3.05, 3.63) is 125 Å². The third-order valence-electron chi connectivity index (χ3n) is 7.74. The zero-order valence-corrected chi connectivity index (χ0v) is 24.6. The van der Waals surface area contributed by atoms with Gasteiger partial charge in [-0.15, -0.1) is 0 Å². The van der Waals surface area contributed by atoms with Gasteiger partial charge in [-0.2, -0.15) is 0 Å². The molecule has 0 spiro atoms. The molecule has 42 heavy (non-hydrogen) atoms. The van der Waals surface area contributed by atoms with Gasteiger partial charge in [0, 0.05) is 28.7 Å². The number of ether oxygens (including phenoxy) is 1. The molecule has 4 aromatic carbocycles. The number of carboxylic acid groups (broad SMARTS) is 1. The summed E-state index contributed by atoms with van der Waals surface area (Å²) in [4.78, 5) is 24.9. The standard InChI is InChI=1S/C36H36N2O4/c1-22(2)42-30-10-8-9-28(19-30)24(4)37-35(39)29-17-18-34-33(20-29)23(3)25(5)38(34)21-26-13-15-27(16-14-26)31-11-6-7-12-32(31)36(40)41/h6-20,22,24H,21H2,1-5H3,(H,37,39)(H,40,41)/t24-/m0/s1. The van der Waals surface area contributed by atoms with Gasteiger partial charge in [0.2, 0.25) is 0 Å². The number of amides is 1. The molecule has 2 N–H and O–H groups in total. The number of hydrogen-bond acceptors (Lipinski definition) is 3. The number of aromatic nitrogens is 1. The van der Waals surface area contributed by atoms with Crippen LogP contribution in [0.15, 0.2) is 91.0 Å². The summed E-state index contributed by atoms with van der Waals surface area (Å²) in [6.45, 7) is 10.8. The van der Waals surface area contributed by atoms with Crippen molar-refractivity contribution in [1.29, 1.82) is 0 Å². The fourth-order valence-electron chi connectivity index (χ4n) is 5.38. The molecular weight excluding hydrogens is 524 g/mol. The molecule has 1 aromatic heterocycles. The molecule has 6 nitrogen and oxygen atoms in total. The average Bonchev–Trinajstić information content (AvgIpc) is 3.21. The van der Waals surface area contributed by atoms with Gasteiger partial charge < -0.3 is 19.7 Å². The molecule has 0 aliphatic heterocycles. The summed E-state index contributed by atoms with van der Waals surface area (Å²) in [5.41, 5.74) is 7.90. The van der Waals surface area contributed by atoms with Crippen molar-refractivity contribution in [3.63, 3.8) is 0 Å². The van der Waals surface area contributed by atoms with Gasteiger partial charge in [-0.3, -0.25) is 4.79 Å². The Kier molecular flexibility index (Phi) is 8.16. The Bertz CT molecular complexity index is 1770. The molecule has 0 unspecified atom stereocenters. The monoisotopic (exact) mass is 560 g/mol. The van der Waals surface area contributed by atoms with Gasteiger partial charge in [-0.25, -0.2) is 4.79 Å². The molecule has 0 bridgehead atoms. The summed E-state index contributed by atoms with van der Waals surface area (Å²) in [6.07, 6.45) is 0.0801. The lowest BCUT2D eigenvalue weighted by molar-refractivity contribution is 0.0697. The summed E-state index contributed by atoms with van der Waals surface area (Å²) in [5, 5.41) is 13.7. The minimum absolute atomic E-state index is 0.0801. The van der Waals surface area contributed by atoms with Gasteiger partial charge in [-0.05, 0) is 98.8 Å². The van der Waals surface area contributed by atoms with Crippen LogP contribution in [0.25, 0.3) is 22.0 Å². The molecule has 6 heteroatoms. The number of carboxylic acids is 1. The Morgan fingerprint density at radius 3 is 2.33 bits per heavy atom. The third-order valence-corrected chi connectivity index (χ3v) is 7.74. The SMILES string of the molecule is Cc1c(C)n(Cc2ccc(-c3ccccc3C(=O)O)cc2)c2ccc(C(=O)N[C@@H](C)c3cccc(OC(C)C)c3)cc12. The smallest absolute Gasteiger partial charge is 0.336 e. The van der Waals surface area contributed by atoms with E-state index in [2.05, 4.69) is 23.7 Å². The van der Waals surface area contributed by atoms with Gasteiger partial charge in [0.1, 0.15) is 5.75 Å². The normalized spacial score (nSPS) is 12.0. The first-order valence-electron chi connectivity index (χ1n) is 14.2. The topological polar surface area (TPSA) is 80.6 Å². The number of fused-ring (bicyclic) bond motifs is 1. The van der Waals surface area contributed by atoms with Crippen molar-refractivity contribution in [2.45, 2.75) is 53.3 Å². The number of carbonyl (C=O) groups is 2. The van der Waals surface area contributed by atoms with E-state index in [1.807, 2.05) is 99.6 Å². The van der Waals surface area contributed by atoms with Gasteiger partial charge in [0.25, 0.3) is 5.91 Å². The van der Waals surface area contributed by atoms with Crippen LogP contribution in [-0.2, 0) is 6.54 Å². The lowest BCUT2D eigenvalue weighted by Gasteiger charge is -2.17. The fraction of sp³-hybridized carbons (Fsp3) is 0.222. The predicted octanol–water partition coefficient (Wildman–Crippen LogP) is 7.95. The number of aromatic carboxylic acids is 1. The Hall–Kier alpha value is -4.84. The minimum Gasteiger partial charge on any atom is -0.491 e. The highest BCUT2D eigenvalue weighted by atomic mass is 16.5. The highest BCUT2D eigenvalue weighted by Gasteiger charge is 2.17. The fourth-order valence-corrected chi connectivity index (χ4v) is 5.38. The van der Waals surface area contributed by atoms with Crippen LogP contribution < -0.4 is 10.1 Å². The van der Waals surface area contributed by atoms with E-state index in [4.69, 9.17) is 4.74 Å². The Balaban J connectivity index is 1.35. The highest BCUT2D eigenvalue weighted by molar-refractivity contribution is 5.99. The van der Waals surface area contributed by atoms with Crippen molar-refractivity contribution in [3.8, 4) is 16.9 Å². The molecule has 5 aromatic rings. The first-order chi connectivity index (χ1) is 20.1. The van der Waals surface area contributed by atoms with E-state index in [0.29, 0.717) is 17.7 Å². The Morgan fingerprint density at radius 2 is 1.62 bits per heavy atom. The van der Waals surface area contributed by atoms with Gasteiger partial charge in [0.05, 0.1) is 17.7 Å². The molecule has 0 fully saturated rings. The summed E-state index contributed by atoms with van der Waals surface area (Å²) >= 11 is 0. The van der Waals surface area contributed by atoms with Crippen LogP contribution in [0, 0.1) is 13.8 Å². The number of aryl methyl sites for hydroxylation is 1. The zero-order chi connectivity index (χ0) is 30.0. The van der Waals surface area contributed by atoms with Crippen LogP contribution in [0.5, 0.6) is 5.75 Å². The minimum atomic E-state index is -0.937. The first kappa shape index (κ1) is 28.7. The second-order valence-corrected chi connectivity index (χ2v) is 11.0. The molecule has 0 aliphatic carbocycles.